The molecule has 0 heterocycles. The maximum Gasteiger partial charge on any atom is 0.0495 e. The zero-order valence-electron chi connectivity index (χ0n) is 9.51. The summed E-state index contributed by atoms with van der Waals surface area (Å²) in [5.41, 5.74) is 7.10. The molecule has 3 N–H and O–H groups in total. The minimum absolute atomic E-state index is 0.0862. The smallest absolute Gasteiger partial charge is 0.0495 e. The SMILES string of the molecule is NCC1(Nc2cccc(Cl)c2)CCCCC1. The van der Waals surface area contributed by atoms with Crippen molar-refractivity contribution in [2.24, 2.45) is 5.73 Å². The third kappa shape index (κ3) is 2.69. The molecule has 2 nitrogen and oxygen atoms in total. The van der Waals surface area contributed by atoms with Crippen molar-refractivity contribution in [1.29, 1.82) is 0 Å². The van der Waals surface area contributed by atoms with E-state index in [0.29, 0.717) is 6.54 Å². The third-order valence-corrected chi connectivity index (χ3v) is 3.67. The Morgan fingerprint density at radius 2 is 2.00 bits per heavy atom. The minimum Gasteiger partial charge on any atom is -0.378 e. The Kier molecular flexibility index (Phi) is 3.72. The highest BCUT2D eigenvalue weighted by Crippen LogP contribution is 2.31. The fourth-order valence-electron chi connectivity index (χ4n) is 2.48. The summed E-state index contributed by atoms with van der Waals surface area (Å²) in [5, 5.41) is 4.35. The Balaban J connectivity index is 2.11. The number of nitrogens with two attached hydrogens (primary N) is 1. The molecule has 0 aromatic heterocycles. The fourth-order valence-corrected chi connectivity index (χ4v) is 2.67. The third-order valence-electron chi connectivity index (χ3n) is 3.44. The van der Waals surface area contributed by atoms with Gasteiger partial charge >= 0.3 is 0 Å². The van der Waals surface area contributed by atoms with Crippen molar-refractivity contribution < 1.29 is 0 Å². The normalized spacial score (nSPS) is 19.4. The molecule has 0 unspecified atom stereocenters. The summed E-state index contributed by atoms with van der Waals surface area (Å²) in [6, 6.07) is 7.88. The molecule has 0 amide bonds. The van der Waals surface area contributed by atoms with Crippen LogP contribution >= 0.6 is 11.6 Å². The first-order valence-electron chi connectivity index (χ1n) is 5.98. The monoisotopic (exact) mass is 238 g/mol. The number of benzene rings is 1. The number of rotatable bonds is 3. The van der Waals surface area contributed by atoms with Crippen LogP contribution in [0.25, 0.3) is 0 Å². The first kappa shape index (κ1) is 11.7. The predicted molar refractivity (Wildman–Crippen MR) is 69.9 cm³/mol. The van der Waals surface area contributed by atoms with E-state index in [-0.39, 0.29) is 5.54 Å². The molecule has 2 rings (SSSR count). The van der Waals surface area contributed by atoms with E-state index >= 15 is 0 Å². The molecule has 0 atom stereocenters. The Bertz CT molecular complexity index is 346. The molecular formula is C13H19ClN2. The van der Waals surface area contributed by atoms with Gasteiger partial charge in [-0.1, -0.05) is 36.9 Å². The first-order chi connectivity index (χ1) is 7.74. The fraction of sp³-hybridized carbons (Fsp3) is 0.538. The molecule has 0 bridgehead atoms. The second kappa shape index (κ2) is 5.07. The molecule has 3 heteroatoms. The topological polar surface area (TPSA) is 38.0 Å². The standard InChI is InChI=1S/C13H19ClN2/c14-11-5-4-6-12(9-11)16-13(10-15)7-2-1-3-8-13/h4-6,9,16H,1-3,7-8,10,15H2. The van der Waals surface area contributed by atoms with Gasteiger partial charge in [0.15, 0.2) is 0 Å². The lowest BCUT2D eigenvalue weighted by molar-refractivity contribution is 0.331. The van der Waals surface area contributed by atoms with Crippen LogP contribution in [-0.2, 0) is 0 Å². The van der Waals surface area contributed by atoms with Crippen LogP contribution in [0.3, 0.4) is 0 Å². The highest BCUT2D eigenvalue weighted by molar-refractivity contribution is 6.30. The highest BCUT2D eigenvalue weighted by Gasteiger charge is 2.30. The zero-order valence-corrected chi connectivity index (χ0v) is 10.3. The lowest BCUT2D eigenvalue weighted by Gasteiger charge is -2.38. The molecule has 1 fully saturated rings. The quantitative estimate of drug-likeness (QED) is 0.847. The van der Waals surface area contributed by atoms with Gasteiger partial charge in [-0.3, -0.25) is 0 Å². The van der Waals surface area contributed by atoms with Gasteiger partial charge in [-0.25, -0.2) is 0 Å². The van der Waals surface area contributed by atoms with Gasteiger partial charge in [0.1, 0.15) is 0 Å². The van der Waals surface area contributed by atoms with E-state index in [1.807, 2.05) is 18.2 Å². The Labute approximate surface area is 102 Å². The van der Waals surface area contributed by atoms with Gasteiger partial charge in [-0.05, 0) is 31.0 Å². The number of hydrogen-bond acceptors (Lipinski definition) is 2. The lowest BCUT2D eigenvalue weighted by Crippen LogP contribution is -2.46. The zero-order chi connectivity index (χ0) is 11.4. The van der Waals surface area contributed by atoms with Gasteiger partial charge < -0.3 is 11.1 Å². The van der Waals surface area contributed by atoms with Crippen molar-refractivity contribution in [2.45, 2.75) is 37.6 Å². The van der Waals surface area contributed by atoms with Crippen molar-refractivity contribution in [2.75, 3.05) is 11.9 Å². The van der Waals surface area contributed by atoms with Crippen LogP contribution < -0.4 is 11.1 Å². The van der Waals surface area contributed by atoms with E-state index in [1.165, 1.54) is 19.3 Å². The number of nitrogens with one attached hydrogen (secondary N) is 1. The average Bonchev–Trinajstić information content (AvgIpc) is 2.30. The largest absolute Gasteiger partial charge is 0.378 e. The van der Waals surface area contributed by atoms with Gasteiger partial charge in [-0.2, -0.15) is 0 Å². The number of halogens is 1. The summed E-state index contributed by atoms with van der Waals surface area (Å²) in [6.45, 7) is 0.694. The van der Waals surface area contributed by atoms with E-state index in [4.69, 9.17) is 17.3 Å². The van der Waals surface area contributed by atoms with Gasteiger partial charge in [0.05, 0.1) is 0 Å². The van der Waals surface area contributed by atoms with Crippen molar-refractivity contribution in [3.8, 4) is 0 Å². The summed E-state index contributed by atoms with van der Waals surface area (Å²) >= 11 is 5.98. The molecule has 1 aliphatic carbocycles. The second-order valence-electron chi connectivity index (χ2n) is 4.68. The lowest BCUT2D eigenvalue weighted by atomic mass is 9.81. The van der Waals surface area contributed by atoms with E-state index in [1.54, 1.807) is 0 Å². The minimum atomic E-state index is 0.0862. The van der Waals surface area contributed by atoms with Crippen LogP contribution in [0.4, 0.5) is 5.69 Å². The molecule has 1 saturated carbocycles. The average molecular weight is 239 g/mol. The molecule has 1 aromatic carbocycles. The molecule has 0 spiro atoms. The molecular weight excluding hydrogens is 220 g/mol. The van der Waals surface area contributed by atoms with Crippen molar-refractivity contribution in [3.05, 3.63) is 29.3 Å². The second-order valence-corrected chi connectivity index (χ2v) is 5.12. The summed E-state index contributed by atoms with van der Waals surface area (Å²) in [5.74, 6) is 0. The van der Waals surface area contributed by atoms with E-state index in [9.17, 15) is 0 Å². The van der Waals surface area contributed by atoms with Gasteiger partial charge in [0.25, 0.3) is 0 Å². The molecule has 0 saturated heterocycles. The Hall–Kier alpha value is -0.730. The molecule has 0 aliphatic heterocycles. The van der Waals surface area contributed by atoms with Crippen LogP contribution in [0.1, 0.15) is 32.1 Å². The predicted octanol–water partition coefficient (Wildman–Crippen LogP) is 3.41. The maximum absolute atomic E-state index is 5.98. The van der Waals surface area contributed by atoms with Crippen LogP contribution in [0.2, 0.25) is 5.02 Å². The van der Waals surface area contributed by atoms with Crippen molar-refractivity contribution >= 4 is 17.3 Å². The van der Waals surface area contributed by atoms with Crippen LogP contribution in [0.15, 0.2) is 24.3 Å². The molecule has 88 valence electrons. The van der Waals surface area contributed by atoms with Gasteiger partial charge in [-0.15, -0.1) is 0 Å². The Morgan fingerprint density at radius 1 is 1.25 bits per heavy atom. The van der Waals surface area contributed by atoms with Gasteiger partial charge in [0.2, 0.25) is 0 Å². The van der Waals surface area contributed by atoms with Crippen LogP contribution in [0, 0.1) is 0 Å². The number of hydrogen-bond donors (Lipinski definition) is 2. The molecule has 0 radical (unpaired) electrons. The summed E-state index contributed by atoms with van der Waals surface area (Å²) in [6.07, 6.45) is 6.19. The van der Waals surface area contributed by atoms with Crippen molar-refractivity contribution in [3.63, 3.8) is 0 Å². The van der Waals surface area contributed by atoms with Crippen LogP contribution in [0.5, 0.6) is 0 Å². The summed E-state index contributed by atoms with van der Waals surface area (Å²) < 4.78 is 0. The number of anilines is 1. The highest BCUT2D eigenvalue weighted by atomic mass is 35.5. The van der Waals surface area contributed by atoms with Gasteiger partial charge in [0, 0.05) is 22.8 Å². The molecule has 1 aromatic rings. The van der Waals surface area contributed by atoms with Crippen LogP contribution in [-0.4, -0.2) is 12.1 Å². The van der Waals surface area contributed by atoms with Crippen molar-refractivity contribution in [1.82, 2.24) is 0 Å². The van der Waals surface area contributed by atoms with E-state index in [0.717, 1.165) is 23.6 Å². The Morgan fingerprint density at radius 3 is 2.62 bits per heavy atom. The maximum atomic E-state index is 5.98. The van der Waals surface area contributed by atoms with E-state index < -0.39 is 0 Å². The summed E-state index contributed by atoms with van der Waals surface area (Å²) in [7, 11) is 0. The van der Waals surface area contributed by atoms with E-state index in [2.05, 4.69) is 11.4 Å². The molecule has 16 heavy (non-hydrogen) atoms. The first-order valence-corrected chi connectivity index (χ1v) is 6.36. The summed E-state index contributed by atoms with van der Waals surface area (Å²) in [4.78, 5) is 0. The molecule has 1 aliphatic rings.